The molecule has 1 amide bonds. The molecule has 2 aliphatic rings. The molecule has 2 rings (SSSR count). The molecule has 0 bridgehead atoms. The number of carbonyl (C=O) groups excluding carboxylic acids is 1. The number of hydrogen-bond donors (Lipinski definition) is 2. The van der Waals surface area contributed by atoms with Gasteiger partial charge in [-0.2, -0.15) is 0 Å². The third kappa shape index (κ3) is 3.98. The molecule has 2 saturated carbocycles. The summed E-state index contributed by atoms with van der Waals surface area (Å²) in [7, 11) is 0. The van der Waals surface area contributed by atoms with E-state index in [-0.39, 0.29) is 5.91 Å². The molecule has 1 radical (unpaired) electrons. The van der Waals surface area contributed by atoms with E-state index in [2.05, 4.69) is 0 Å². The Bertz CT molecular complexity index is 139. The van der Waals surface area contributed by atoms with Gasteiger partial charge in [-0.3, -0.25) is 4.79 Å². The minimum Gasteiger partial charge on any atom is -0.369 e. The monoisotopic (exact) mass is 155 g/mol. The van der Waals surface area contributed by atoms with Crippen LogP contribution in [0.15, 0.2) is 0 Å². The number of amides is 1. The Kier molecular flexibility index (Phi) is 2.88. The van der Waals surface area contributed by atoms with Crippen LogP contribution in [-0.2, 0) is 4.79 Å². The van der Waals surface area contributed by atoms with Crippen LogP contribution in [0.3, 0.4) is 0 Å². The van der Waals surface area contributed by atoms with Crippen LogP contribution in [0.5, 0.6) is 0 Å². The van der Waals surface area contributed by atoms with E-state index in [9.17, 15) is 4.79 Å². The van der Waals surface area contributed by atoms with Gasteiger partial charge in [-0.1, -0.05) is 0 Å². The van der Waals surface area contributed by atoms with Crippen molar-refractivity contribution in [3.05, 3.63) is 5.92 Å². The van der Waals surface area contributed by atoms with Crippen molar-refractivity contribution < 1.29 is 4.79 Å². The van der Waals surface area contributed by atoms with Gasteiger partial charge in [0.2, 0.25) is 5.91 Å². The Morgan fingerprint density at radius 2 is 2.00 bits per heavy atom. The summed E-state index contributed by atoms with van der Waals surface area (Å²) < 4.78 is 0. The minimum atomic E-state index is -0.213. The first-order valence-corrected chi connectivity index (χ1v) is 4.08. The van der Waals surface area contributed by atoms with Crippen LogP contribution in [0.25, 0.3) is 0 Å². The molecule has 0 aromatic carbocycles. The zero-order valence-corrected chi connectivity index (χ0v) is 6.68. The Morgan fingerprint density at radius 1 is 1.45 bits per heavy atom. The number of primary amides is 1. The molecule has 0 heterocycles. The molecule has 2 fully saturated rings. The molecular formula is C8H15N2O. The second kappa shape index (κ2) is 3.72. The predicted molar refractivity (Wildman–Crippen MR) is 43.4 cm³/mol. The maximum absolute atomic E-state index is 9.95. The molecule has 63 valence electrons. The summed E-state index contributed by atoms with van der Waals surface area (Å²) >= 11 is 0. The van der Waals surface area contributed by atoms with Crippen LogP contribution in [0.2, 0.25) is 0 Å². The molecule has 0 atom stereocenters. The van der Waals surface area contributed by atoms with Gasteiger partial charge in [0.05, 0.1) is 5.92 Å². The average Bonchev–Trinajstić information content (AvgIpc) is 2.86. The molecule has 3 heteroatoms. The lowest BCUT2D eigenvalue weighted by Crippen LogP contribution is -2.10. The first-order valence-electron chi connectivity index (χ1n) is 4.08. The van der Waals surface area contributed by atoms with Gasteiger partial charge in [-0.05, 0) is 38.1 Å². The Hall–Kier alpha value is -0.570. The fourth-order valence-corrected chi connectivity index (χ4v) is 0.662. The summed E-state index contributed by atoms with van der Waals surface area (Å²) in [4.78, 5) is 9.95. The van der Waals surface area contributed by atoms with Gasteiger partial charge in [0.15, 0.2) is 0 Å². The Balaban J connectivity index is 0.000000112. The minimum absolute atomic E-state index is 0.213. The first-order chi connectivity index (χ1) is 5.24. The molecule has 0 aromatic rings. The second-order valence-corrected chi connectivity index (χ2v) is 3.15. The van der Waals surface area contributed by atoms with Crippen molar-refractivity contribution in [1.29, 1.82) is 0 Å². The summed E-state index contributed by atoms with van der Waals surface area (Å²) in [6.07, 6.45) is 4.65. The number of carbonyl (C=O) groups is 1. The third-order valence-electron chi connectivity index (χ3n) is 1.88. The SMILES string of the molecule is NC(=O)[C]1CC1.NCC1CC1. The molecule has 2 aliphatic carbocycles. The molecule has 0 saturated heterocycles. The van der Waals surface area contributed by atoms with Crippen molar-refractivity contribution in [2.24, 2.45) is 17.4 Å². The summed E-state index contributed by atoms with van der Waals surface area (Å²) in [5.41, 5.74) is 10.1. The van der Waals surface area contributed by atoms with Gasteiger partial charge in [-0.15, -0.1) is 0 Å². The van der Waals surface area contributed by atoms with E-state index in [1.54, 1.807) is 0 Å². The van der Waals surface area contributed by atoms with Crippen molar-refractivity contribution in [2.75, 3.05) is 6.54 Å². The Labute approximate surface area is 67.1 Å². The van der Waals surface area contributed by atoms with Crippen LogP contribution in [0, 0.1) is 11.8 Å². The highest BCUT2D eigenvalue weighted by atomic mass is 16.1. The molecule has 0 spiro atoms. The first kappa shape index (κ1) is 8.53. The van der Waals surface area contributed by atoms with Crippen molar-refractivity contribution in [2.45, 2.75) is 25.7 Å². The van der Waals surface area contributed by atoms with Gasteiger partial charge < -0.3 is 11.5 Å². The van der Waals surface area contributed by atoms with Crippen molar-refractivity contribution >= 4 is 5.91 Å². The van der Waals surface area contributed by atoms with Gasteiger partial charge >= 0.3 is 0 Å². The highest BCUT2D eigenvalue weighted by Crippen LogP contribution is 2.30. The Morgan fingerprint density at radius 3 is 2.00 bits per heavy atom. The number of hydrogen-bond acceptors (Lipinski definition) is 2. The maximum Gasteiger partial charge on any atom is 0.224 e. The van der Waals surface area contributed by atoms with E-state index < -0.39 is 0 Å². The van der Waals surface area contributed by atoms with Crippen LogP contribution >= 0.6 is 0 Å². The van der Waals surface area contributed by atoms with Crippen molar-refractivity contribution in [3.63, 3.8) is 0 Å². The lowest BCUT2D eigenvalue weighted by Gasteiger charge is -1.76. The summed E-state index contributed by atoms with van der Waals surface area (Å²) in [5.74, 6) is 1.60. The van der Waals surface area contributed by atoms with Gasteiger partial charge in [0.1, 0.15) is 0 Å². The largest absolute Gasteiger partial charge is 0.369 e. The smallest absolute Gasteiger partial charge is 0.224 e. The number of rotatable bonds is 2. The molecule has 0 aliphatic heterocycles. The molecular weight excluding hydrogens is 140 g/mol. The van der Waals surface area contributed by atoms with Crippen LogP contribution in [-0.4, -0.2) is 12.5 Å². The zero-order chi connectivity index (χ0) is 8.27. The second-order valence-electron chi connectivity index (χ2n) is 3.15. The normalized spacial score (nSPS) is 21.9. The molecule has 0 unspecified atom stereocenters. The summed E-state index contributed by atoms with van der Waals surface area (Å²) in [6.45, 7) is 0.917. The summed E-state index contributed by atoms with van der Waals surface area (Å²) in [5, 5.41) is 0. The van der Waals surface area contributed by atoms with Crippen LogP contribution < -0.4 is 11.5 Å². The number of nitrogens with two attached hydrogens (primary N) is 2. The fourth-order valence-electron chi connectivity index (χ4n) is 0.662. The predicted octanol–water partition coefficient (Wildman–Crippen LogP) is 0.195. The standard InChI is InChI=1S/C4H6NO.C4H9N/c5-4(6)3-1-2-3;5-3-4-1-2-4/h1-2H2,(H2,5,6);4H,1-3,5H2. The highest BCUT2D eigenvalue weighted by molar-refractivity contribution is 5.91. The third-order valence-corrected chi connectivity index (χ3v) is 1.88. The summed E-state index contributed by atoms with van der Waals surface area (Å²) in [6, 6.07) is 0. The van der Waals surface area contributed by atoms with E-state index in [4.69, 9.17) is 11.5 Å². The molecule has 4 N–H and O–H groups in total. The zero-order valence-electron chi connectivity index (χ0n) is 6.68. The molecule has 0 aromatic heterocycles. The van der Waals surface area contributed by atoms with Crippen LogP contribution in [0.1, 0.15) is 25.7 Å². The highest BCUT2D eigenvalue weighted by Gasteiger charge is 2.27. The van der Waals surface area contributed by atoms with Crippen LogP contribution in [0.4, 0.5) is 0 Å². The van der Waals surface area contributed by atoms with E-state index in [1.165, 1.54) is 12.8 Å². The fraction of sp³-hybridized carbons (Fsp3) is 0.750. The quantitative estimate of drug-likeness (QED) is 0.598. The maximum atomic E-state index is 9.95. The van der Waals surface area contributed by atoms with Crippen molar-refractivity contribution in [3.8, 4) is 0 Å². The van der Waals surface area contributed by atoms with Gasteiger partial charge in [0, 0.05) is 0 Å². The van der Waals surface area contributed by atoms with Gasteiger partial charge in [0.25, 0.3) is 0 Å². The molecule has 11 heavy (non-hydrogen) atoms. The van der Waals surface area contributed by atoms with E-state index >= 15 is 0 Å². The van der Waals surface area contributed by atoms with Crippen molar-refractivity contribution in [1.82, 2.24) is 0 Å². The van der Waals surface area contributed by atoms with E-state index in [0.29, 0.717) is 0 Å². The van der Waals surface area contributed by atoms with Gasteiger partial charge in [-0.25, -0.2) is 0 Å². The lowest BCUT2D eigenvalue weighted by molar-refractivity contribution is -0.115. The lowest BCUT2D eigenvalue weighted by atomic mass is 10.4. The average molecular weight is 155 g/mol. The van der Waals surface area contributed by atoms with E-state index in [0.717, 1.165) is 31.2 Å². The molecule has 3 nitrogen and oxygen atoms in total. The van der Waals surface area contributed by atoms with E-state index in [1.807, 2.05) is 0 Å². The topological polar surface area (TPSA) is 69.1 Å².